The van der Waals surface area contributed by atoms with Crippen molar-refractivity contribution >= 4 is 29.3 Å². The fourth-order valence-corrected chi connectivity index (χ4v) is 5.75. The summed E-state index contributed by atoms with van der Waals surface area (Å²) in [7, 11) is 0. The number of hydrogen-bond donors (Lipinski definition) is 0. The largest absolute Gasteiger partial charge is 0.444 e. The molecule has 184 valence electrons. The molecule has 1 aromatic heterocycles. The molecule has 1 aromatic carbocycles. The highest BCUT2D eigenvalue weighted by molar-refractivity contribution is 6.39. The van der Waals surface area contributed by atoms with Crippen LogP contribution in [0.1, 0.15) is 76.5 Å². The summed E-state index contributed by atoms with van der Waals surface area (Å²) < 4.78 is 17.6. The quantitative estimate of drug-likeness (QED) is 0.428. The smallest absolute Gasteiger partial charge is 0.410 e. The number of hydrogen-bond acceptors (Lipinski definition) is 5. The molecule has 1 amide bonds. The monoisotopic (exact) mass is 506 g/mol. The molecule has 0 atom stereocenters. The van der Waals surface area contributed by atoms with E-state index in [2.05, 4.69) is 5.16 Å². The fraction of sp³-hybridized carbons (Fsp3) is 0.615. The van der Waals surface area contributed by atoms with Gasteiger partial charge in [-0.2, -0.15) is 0 Å². The molecule has 0 unspecified atom stereocenters. The number of carbonyl (C=O) groups excluding carboxylic acids is 1. The number of likely N-dealkylation sites (tertiary alicyclic amines) is 1. The molecule has 1 spiro atoms. The van der Waals surface area contributed by atoms with Gasteiger partial charge in [0.1, 0.15) is 17.1 Å². The summed E-state index contributed by atoms with van der Waals surface area (Å²) in [5.74, 6) is 1.32. The highest BCUT2D eigenvalue weighted by atomic mass is 35.5. The zero-order chi connectivity index (χ0) is 24.1. The van der Waals surface area contributed by atoms with E-state index in [1.54, 1.807) is 0 Å². The molecule has 1 saturated heterocycles. The minimum atomic E-state index is -0.462. The van der Waals surface area contributed by atoms with Crippen LogP contribution in [0.5, 0.6) is 0 Å². The Bertz CT molecular complexity index is 1040. The van der Waals surface area contributed by atoms with E-state index in [-0.39, 0.29) is 17.6 Å². The van der Waals surface area contributed by atoms with Crippen LogP contribution in [0.3, 0.4) is 0 Å². The van der Waals surface area contributed by atoms with Gasteiger partial charge in [-0.3, -0.25) is 0 Å². The van der Waals surface area contributed by atoms with Gasteiger partial charge in [0.15, 0.2) is 0 Å². The molecular formula is C26H32Cl2N2O4. The normalized spacial score (nSPS) is 20.4. The van der Waals surface area contributed by atoms with Gasteiger partial charge in [-0.1, -0.05) is 34.4 Å². The van der Waals surface area contributed by atoms with Crippen molar-refractivity contribution in [3.8, 4) is 11.3 Å². The third-order valence-corrected chi connectivity index (χ3v) is 7.86. The van der Waals surface area contributed by atoms with Gasteiger partial charge < -0.3 is 18.9 Å². The Hall–Kier alpha value is -1.76. The molecule has 2 aromatic rings. The van der Waals surface area contributed by atoms with E-state index in [9.17, 15) is 4.79 Å². The fourth-order valence-electron chi connectivity index (χ4n) is 5.17. The lowest BCUT2D eigenvalue weighted by molar-refractivity contribution is -0.110. The highest BCUT2D eigenvalue weighted by Crippen LogP contribution is 2.51. The summed E-state index contributed by atoms with van der Waals surface area (Å²) in [6.45, 7) is 7.64. The van der Waals surface area contributed by atoms with Crippen LogP contribution in [0, 0.1) is 5.41 Å². The third-order valence-electron chi connectivity index (χ3n) is 7.23. The van der Waals surface area contributed by atoms with Crippen LogP contribution in [-0.4, -0.2) is 40.9 Å². The molecule has 2 saturated carbocycles. The van der Waals surface area contributed by atoms with Crippen molar-refractivity contribution in [1.82, 2.24) is 10.1 Å². The maximum Gasteiger partial charge on any atom is 0.410 e. The van der Waals surface area contributed by atoms with Crippen LogP contribution in [0.25, 0.3) is 11.3 Å². The van der Waals surface area contributed by atoms with Crippen LogP contribution in [0.15, 0.2) is 22.7 Å². The summed E-state index contributed by atoms with van der Waals surface area (Å²) in [6.07, 6.45) is 6.23. The number of ether oxygens (including phenoxy) is 2. The zero-order valence-corrected chi connectivity index (χ0v) is 21.5. The number of rotatable bonds is 5. The van der Waals surface area contributed by atoms with Crippen LogP contribution in [-0.2, 0) is 16.1 Å². The molecule has 5 rings (SSSR count). The summed E-state index contributed by atoms with van der Waals surface area (Å²) in [4.78, 5) is 14.2. The van der Waals surface area contributed by atoms with Crippen molar-refractivity contribution in [1.29, 1.82) is 0 Å². The first-order valence-electron chi connectivity index (χ1n) is 12.2. The first-order valence-corrected chi connectivity index (χ1v) is 12.9. The number of aromatic nitrogens is 1. The predicted octanol–water partition coefficient (Wildman–Crippen LogP) is 7.22. The Kier molecular flexibility index (Phi) is 6.36. The van der Waals surface area contributed by atoms with Gasteiger partial charge in [0, 0.05) is 30.1 Å². The maximum absolute atomic E-state index is 12.4. The standard InChI is InChI=1S/C26H32Cl2N2O4/c1-25(2,3)33-24(31)30-11-9-26(10-12-30)13-17(14-26)32-15-18-22(29-34-23(18)16-7-8-16)21-19(27)5-4-6-20(21)28/h4-6,16-17H,7-15H2,1-3H3. The minimum Gasteiger partial charge on any atom is -0.444 e. The third kappa shape index (κ3) is 4.95. The molecule has 2 heterocycles. The zero-order valence-electron chi connectivity index (χ0n) is 20.0. The first kappa shape index (κ1) is 24.0. The van der Waals surface area contributed by atoms with E-state index >= 15 is 0 Å². The summed E-state index contributed by atoms with van der Waals surface area (Å²) in [5.41, 5.74) is 2.18. The molecule has 1 aliphatic heterocycles. The van der Waals surface area contributed by atoms with Crippen LogP contribution in [0.4, 0.5) is 4.79 Å². The van der Waals surface area contributed by atoms with Crippen molar-refractivity contribution in [3.05, 3.63) is 39.6 Å². The lowest BCUT2D eigenvalue weighted by Crippen LogP contribution is -2.51. The first-order chi connectivity index (χ1) is 16.1. The molecule has 6 nitrogen and oxygen atoms in total. The van der Waals surface area contributed by atoms with Gasteiger partial charge in [0.05, 0.1) is 22.8 Å². The van der Waals surface area contributed by atoms with Gasteiger partial charge in [0.25, 0.3) is 0 Å². The number of piperidine rings is 1. The Morgan fingerprint density at radius 1 is 1.18 bits per heavy atom. The number of benzene rings is 1. The van der Waals surface area contributed by atoms with Gasteiger partial charge >= 0.3 is 6.09 Å². The van der Waals surface area contributed by atoms with Crippen molar-refractivity contribution in [3.63, 3.8) is 0 Å². The number of carbonyl (C=O) groups is 1. The SMILES string of the molecule is CC(C)(C)OC(=O)N1CCC2(CC1)CC(OCc1c(-c3c(Cl)cccc3Cl)noc1C1CC1)C2. The second-order valence-electron chi connectivity index (χ2n) is 11.1. The molecular weight excluding hydrogens is 475 g/mol. The van der Waals surface area contributed by atoms with Crippen molar-refractivity contribution in [2.45, 2.75) is 83.5 Å². The summed E-state index contributed by atoms with van der Waals surface area (Å²) in [5, 5.41) is 5.47. The van der Waals surface area contributed by atoms with Gasteiger partial charge in [-0.25, -0.2) is 4.79 Å². The lowest BCUT2D eigenvalue weighted by atomic mass is 9.61. The van der Waals surface area contributed by atoms with Gasteiger partial charge in [-0.15, -0.1) is 0 Å². The van der Waals surface area contributed by atoms with Gasteiger partial charge in [-0.05, 0) is 76.8 Å². The Morgan fingerprint density at radius 2 is 1.82 bits per heavy atom. The summed E-state index contributed by atoms with van der Waals surface area (Å²) >= 11 is 12.9. The predicted molar refractivity (Wildman–Crippen MR) is 131 cm³/mol. The molecule has 3 aliphatic rings. The minimum absolute atomic E-state index is 0.199. The molecule has 0 bridgehead atoms. The lowest BCUT2D eigenvalue weighted by Gasteiger charge is -2.51. The molecule has 0 N–H and O–H groups in total. The van der Waals surface area contributed by atoms with Crippen LogP contribution >= 0.6 is 23.2 Å². The summed E-state index contributed by atoms with van der Waals surface area (Å²) in [6, 6.07) is 5.46. The van der Waals surface area contributed by atoms with E-state index in [0.717, 1.165) is 62.9 Å². The molecule has 2 aliphatic carbocycles. The van der Waals surface area contributed by atoms with E-state index in [1.165, 1.54) is 0 Å². The van der Waals surface area contributed by atoms with E-state index < -0.39 is 5.60 Å². The topological polar surface area (TPSA) is 64.8 Å². The molecule has 8 heteroatoms. The van der Waals surface area contributed by atoms with Crippen LogP contribution < -0.4 is 0 Å². The number of amides is 1. The van der Waals surface area contributed by atoms with Crippen molar-refractivity contribution in [2.75, 3.05) is 13.1 Å². The highest BCUT2D eigenvalue weighted by Gasteiger charge is 2.47. The van der Waals surface area contributed by atoms with Crippen molar-refractivity contribution < 1.29 is 18.8 Å². The van der Waals surface area contributed by atoms with Gasteiger partial charge in [0.2, 0.25) is 0 Å². The van der Waals surface area contributed by atoms with Crippen molar-refractivity contribution in [2.24, 2.45) is 5.41 Å². The van der Waals surface area contributed by atoms with E-state index in [1.807, 2.05) is 43.9 Å². The van der Waals surface area contributed by atoms with Crippen LogP contribution in [0.2, 0.25) is 10.0 Å². The average molecular weight is 507 g/mol. The molecule has 0 radical (unpaired) electrons. The average Bonchev–Trinajstić information content (AvgIpc) is 3.50. The van der Waals surface area contributed by atoms with E-state index in [4.69, 9.17) is 37.2 Å². The second-order valence-corrected chi connectivity index (χ2v) is 11.9. The number of halogens is 2. The Morgan fingerprint density at radius 3 is 2.41 bits per heavy atom. The molecule has 34 heavy (non-hydrogen) atoms. The molecule has 3 fully saturated rings. The second kappa shape index (κ2) is 9.03. The Labute approximate surface area is 210 Å². The Balaban J connectivity index is 1.20. The maximum atomic E-state index is 12.4. The number of nitrogens with zero attached hydrogens (tertiary/aromatic N) is 2. The van der Waals surface area contributed by atoms with E-state index in [0.29, 0.717) is 33.8 Å².